The molecule has 0 aliphatic carbocycles. The van der Waals surface area contributed by atoms with Crippen molar-refractivity contribution in [2.45, 2.75) is 69.1 Å². The minimum atomic E-state index is -2.54. The zero-order valence-electron chi connectivity index (χ0n) is 31.2. The third kappa shape index (κ3) is 5.80. The second kappa shape index (κ2) is 14.0. The van der Waals surface area contributed by atoms with E-state index in [1.165, 1.54) is 5.19 Å². The average molecular weight is 746 g/mol. The fourth-order valence-corrected chi connectivity index (χ4v) is 13.6. The quantitative estimate of drug-likeness (QED) is 0.213. The smallest absolute Gasteiger partial charge is 0.269 e. The Labute approximate surface area is 317 Å². The molecule has 2 fully saturated rings. The summed E-state index contributed by atoms with van der Waals surface area (Å²) < 4.78 is 18.6. The van der Waals surface area contributed by atoms with E-state index in [0.29, 0.717) is 35.8 Å². The molecule has 2 saturated heterocycles. The summed E-state index contributed by atoms with van der Waals surface area (Å²) in [5, 5.41) is 11.3. The van der Waals surface area contributed by atoms with Gasteiger partial charge in [0, 0.05) is 23.7 Å². The largest absolute Gasteiger partial charge is 0.497 e. The van der Waals surface area contributed by atoms with E-state index in [-0.39, 0.29) is 54.9 Å². The lowest BCUT2D eigenvalue weighted by Gasteiger charge is -2.37. The molecule has 0 radical (unpaired) electrons. The number of fused-ring (bicyclic) bond motifs is 3. The van der Waals surface area contributed by atoms with Crippen LogP contribution in [-0.4, -0.2) is 74.8 Å². The maximum Gasteiger partial charge on any atom is 0.269 e. The standard InChI is InChI=1S/C43H47N3O7Si/c1-28-41(54(3,4)33-19-17-32(51-2)18-20-33)38(24-39(48)44-22-10-13-31(44)26-47)53-43(28)34-23-30(46-36-14-8-9-15-37(36)52-27-40(46)49)16-21-35(34)45(42(43)50)25-29-11-6-5-7-12-29/h5-9,11-12,14-21,23,28,31,38,41,47H,10,13,22,24-27H2,1-4H3/t28-,31+,38+,41-,43+/m1/s1. The Bertz CT molecular complexity index is 2080. The number of nitrogens with zero attached hydrogens (tertiary/aromatic N) is 3. The Balaban J connectivity index is 1.27. The number of anilines is 3. The molecule has 280 valence electrons. The number of aliphatic hydroxyl groups excluding tert-OH is 1. The first-order chi connectivity index (χ1) is 26.1. The molecule has 0 aromatic heterocycles. The van der Waals surface area contributed by atoms with Crippen LogP contribution in [0.1, 0.15) is 37.3 Å². The Morgan fingerprint density at radius 3 is 2.44 bits per heavy atom. The van der Waals surface area contributed by atoms with E-state index in [4.69, 9.17) is 14.2 Å². The van der Waals surface area contributed by atoms with Crippen LogP contribution in [0.2, 0.25) is 18.6 Å². The molecule has 0 bridgehead atoms. The van der Waals surface area contributed by atoms with Crippen molar-refractivity contribution in [2.75, 3.05) is 36.7 Å². The molecule has 4 heterocycles. The van der Waals surface area contributed by atoms with Gasteiger partial charge < -0.3 is 29.1 Å². The van der Waals surface area contributed by atoms with Crippen molar-refractivity contribution >= 4 is 48.0 Å². The van der Waals surface area contributed by atoms with Gasteiger partial charge in [-0.25, -0.2) is 0 Å². The third-order valence-electron chi connectivity index (χ3n) is 12.3. The number of para-hydroxylation sites is 2. The minimum Gasteiger partial charge on any atom is -0.497 e. The Morgan fingerprint density at radius 2 is 1.70 bits per heavy atom. The Hall–Kier alpha value is -4.97. The van der Waals surface area contributed by atoms with Crippen LogP contribution < -0.4 is 24.5 Å². The second-order valence-corrected chi connectivity index (χ2v) is 20.2. The number of aliphatic hydroxyl groups is 1. The van der Waals surface area contributed by atoms with Gasteiger partial charge in [-0.2, -0.15) is 0 Å². The highest BCUT2D eigenvalue weighted by Crippen LogP contribution is 2.61. The number of methoxy groups -OCH3 is 1. The molecular weight excluding hydrogens is 699 g/mol. The normalized spacial score (nSPS) is 24.9. The third-order valence-corrected chi connectivity index (χ3v) is 16.6. The summed E-state index contributed by atoms with van der Waals surface area (Å²) in [6.07, 6.45) is 1.11. The molecular formula is C43H47N3O7Si. The number of benzene rings is 4. The lowest BCUT2D eigenvalue weighted by atomic mass is 9.82. The molecule has 54 heavy (non-hydrogen) atoms. The molecule has 10 nitrogen and oxygen atoms in total. The van der Waals surface area contributed by atoms with Crippen LogP contribution in [-0.2, 0) is 31.3 Å². The molecule has 0 saturated carbocycles. The summed E-state index contributed by atoms with van der Waals surface area (Å²) in [6.45, 7) is 7.43. The monoisotopic (exact) mass is 745 g/mol. The number of hydrogen-bond acceptors (Lipinski definition) is 7. The summed E-state index contributed by atoms with van der Waals surface area (Å²) >= 11 is 0. The number of carbonyl (C=O) groups excluding carboxylic acids is 3. The first kappa shape index (κ1) is 36.0. The van der Waals surface area contributed by atoms with E-state index in [0.717, 1.165) is 29.8 Å². The van der Waals surface area contributed by atoms with Crippen LogP contribution in [0, 0.1) is 5.92 Å². The van der Waals surface area contributed by atoms with Crippen LogP contribution >= 0.6 is 0 Å². The van der Waals surface area contributed by atoms with Gasteiger partial charge in [0.15, 0.2) is 12.2 Å². The summed E-state index contributed by atoms with van der Waals surface area (Å²) in [4.78, 5) is 48.4. The second-order valence-electron chi connectivity index (χ2n) is 15.5. The van der Waals surface area contributed by atoms with Crippen molar-refractivity contribution in [3.05, 3.63) is 108 Å². The molecule has 8 rings (SSSR count). The highest BCUT2D eigenvalue weighted by Gasteiger charge is 2.66. The first-order valence-corrected chi connectivity index (χ1v) is 21.9. The van der Waals surface area contributed by atoms with E-state index < -0.39 is 19.8 Å². The van der Waals surface area contributed by atoms with Gasteiger partial charge in [0.25, 0.3) is 11.8 Å². The van der Waals surface area contributed by atoms with Crippen molar-refractivity contribution in [2.24, 2.45) is 5.92 Å². The fourth-order valence-electron chi connectivity index (χ4n) is 9.59. The van der Waals surface area contributed by atoms with Crippen LogP contribution in [0.5, 0.6) is 11.5 Å². The highest BCUT2D eigenvalue weighted by molar-refractivity contribution is 6.91. The van der Waals surface area contributed by atoms with Gasteiger partial charge in [-0.15, -0.1) is 0 Å². The average Bonchev–Trinajstić information content (AvgIpc) is 3.85. The number of ether oxygens (including phenoxy) is 3. The number of amides is 3. The minimum absolute atomic E-state index is 0.0681. The molecule has 4 aromatic rings. The Morgan fingerprint density at radius 1 is 0.963 bits per heavy atom. The zero-order valence-corrected chi connectivity index (χ0v) is 32.2. The summed E-state index contributed by atoms with van der Waals surface area (Å²) in [5.74, 6) is 0.562. The zero-order chi connectivity index (χ0) is 37.8. The van der Waals surface area contributed by atoms with Crippen LogP contribution in [0.15, 0.2) is 97.1 Å². The van der Waals surface area contributed by atoms with Gasteiger partial charge in [0.2, 0.25) is 5.91 Å². The summed E-state index contributed by atoms with van der Waals surface area (Å²) in [7, 11) is -0.889. The van der Waals surface area contributed by atoms with Crippen LogP contribution in [0.25, 0.3) is 0 Å². The number of carbonyl (C=O) groups is 3. The van der Waals surface area contributed by atoms with E-state index in [1.54, 1.807) is 16.9 Å². The van der Waals surface area contributed by atoms with Gasteiger partial charge in [0.1, 0.15) is 11.5 Å². The van der Waals surface area contributed by atoms with E-state index in [2.05, 4.69) is 32.2 Å². The number of hydrogen-bond donors (Lipinski definition) is 1. The number of likely N-dealkylation sites (tertiary alicyclic amines) is 1. The highest BCUT2D eigenvalue weighted by atomic mass is 28.3. The fraction of sp³-hybridized carbons (Fsp3) is 0.372. The van der Waals surface area contributed by atoms with Gasteiger partial charge in [-0.3, -0.25) is 19.3 Å². The Kier molecular flexibility index (Phi) is 9.36. The lowest BCUT2D eigenvalue weighted by Crippen LogP contribution is -2.52. The van der Waals surface area contributed by atoms with Gasteiger partial charge in [-0.05, 0) is 66.4 Å². The van der Waals surface area contributed by atoms with E-state index in [1.807, 2.05) is 89.8 Å². The van der Waals surface area contributed by atoms with E-state index >= 15 is 4.79 Å². The van der Waals surface area contributed by atoms with Crippen LogP contribution in [0.3, 0.4) is 0 Å². The van der Waals surface area contributed by atoms with E-state index in [9.17, 15) is 14.7 Å². The molecule has 4 aromatic carbocycles. The molecule has 0 unspecified atom stereocenters. The summed E-state index contributed by atoms with van der Waals surface area (Å²) in [5.41, 5.74) is 2.05. The molecule has 5 atom stereocenters. The van der Waals surface area contributed by atoms with Crippen molar-refractivity contribution in [3.8, 4) is 11.5 Å². The maximum absolute atomic E-state index is 15.4. The predicted octanol–water partition coefficient (Wildman–Crippen LogP) is 5.89. The van der Waals surface area contributed by atoms with Crippen molar-refractivity contribution in [3.63, 3.8) is 0 Å². The topological polar surface area (TPSA) is 109 Å². The van der Waals surface area contributed by atoms with Crippen molar-refractivity contribution in [1.82, 2.24) is 4.90 Å². The van der Waals surface area contributed by atoms with Crippen molar-refractivity contribution < 1.29 is 33.7 Å². The molecule has 4 aliphatic heterocycles. The van der Waals surface area contributed by atoms with Crippen LogP contribution in [0.4, 0.5) is 17.1 Å². The number of rotatable bonds is 9. The van der Waals surface area contributed by atoms with Gasteiger partial charge in [-0.1, -0.05) is 79.8 Å². The molecule has 3 amide bonds. The molecule has 1 N–H and O–H groups in total. The summed E-state index contributed by atoms with van der Waals surface area (Å²) in [6, 6.07) is 31.0. The lowest BCUT2D eigenvalue weighted by molar-refractivity contribution is -0.150. The predicted molar refractivity (Wildman–Crippen MR) is 209 cm³/mol. The molecule has 1 spiro atoms. The van der Waals surface area contributed by atoms with Gasteiger partial charge >= 0.3 is 0 Å². The van der Waals surface area contributed by atoms with Crippen molar-refractivity contribution in [1.29, 1.82) is 0 Å². The van der Waals surface area contributed by atoms with Gasteiger partial charge in [0.05, 0.1) is 58.3 Å². The first-order valence-electron chi connectivity index (χ1n) is 18.9. The SMILES string of the molecule is COc1ccc([Si](C)(C)[C@H]2[C@H](CC(=O)N3CCC[C@H]3CO)O[C@@]3(C(=O)N(Cc4ccccc4)c4ccc(N5C(=O)COc6ccccc65)cc43)[C@@H]2C)cc1. The molecule has 11 heteroatoms. The maximum atomic E-state index is 15.4. The molecule has 4 aliphatic rings.